The lowest BCUT2D eigenvalue weighted by Crippen LogP contribution is -2.13. The molecule has 0 aliphatic rings. The van der Waals surface area contributed by atoms with Gasteiger partial charge in [-0.1, -0.05) is 46.6 Å². The molecule has 0 aliphatic heterocycles. The highest BCUT2D eigenvalue weighted by atomic mass is 79.9. The number of anilines is 1. The highest BCUT2D eigenvalue weighted by Gasteiger charge is 2.14. The third kappa shape index (κ3) is 5.49. The number of carbonyl (C=O) groups is 1. The number of methoxy groups -OCH3 is 1. The standard InChI is InChI=1S/C20H18BrClN2O3/c1-3-8-27-19-11-15(21)13(10-18(19)26-2)9-14(12-23)20(25)24-17-7-5-4-6-16(17)22/h4-7,9-11H,3,8H2,1-2H3,(H,24,25). The molecule has 0 bridgehead atoms. The molecule has 1 amide bonds. The van der Waals surface area contributed by atoms with Crippen LogP contribution in [0.15, 0.2) is 46.4 Å². The summed E-state index contributed by atoms with van der Waals surface area (Å²) in [5, 5.41) is 12.4. The number of nitriles is 1. The summed E-state index contributed by atoms with van der Waals surface area (Å²) in [5.74, 6) is 0.548. The molecule has 27 heavy (non-hydrogen) atoms. The van der Waals surface area contributed by atoms with E-state index in [1.165, 1.54) is 13.2 Å². The zero-order chi connectivity index (χ0) is 19.8. The van der Waals surface area contributed by atoms with E-state index in [0.29, 0.717) is 38.9 Å². The lowest BCUT2D eigenvalue weighted by molar-refractivity contribution is -0.112. The summed E-state index contributed by atoms with van der Waals surface area (Å²) in [5.41, 5.74) is 0.978. The first-order valence-electron chi connectivity index (χ1n) is 8.18. The van der Waals surface area contributed by atoms with Crippen LogP contribution in [0, 0.1) is 11.3 Å². The van der Waals surface area contributed by atoms with E-state index in [9.17, 15) is 10.1 Å². The minimum atomic E-state index is -0.553. The number of halogens is 2. The number of benzene rings is 2. The topological polar surface area (TPSA) is 71.3 Å². The van der Waals surface area contributed by atoms with Crippen LogP contribution in [0.3, 0.4) is 0 Å². The van der Waals surface area contributed by atoms with Crippen molar-refractivity contribution in [3.05, 3.63) is 57.0 Å². The van der Waals surface area contributed by atoms with Crippen LogP contribution in [0.5, 0.6) is 11.5 Å². The lowest BCUT2D eigenvalue weighted by Gasteiger charge is -2.12. The molecule has 0 heterocycles. The smallest absolute Gasteiger partial charge is 0.266 e. The summed E-state index contributed by atoms with van der Waals surface area (Å²) in [7, 11) is 1.53. The molecule has 0 aliphatic carbocycles. The van der Waals surface area contributed by atoms with Crippen molar-refractivity contribution in [2.75, 3.05) is 19.0 Å². The fraction of sp³-hybridized carbons (Fsp3) is 0.200. The third-order valence-electron chi connectivity index (χ3n) is 3.53. The highest BCUT2D eigenvalue weighted by Crippen LogP contribution is 2.35. The van der Waals surface area contributed by atoms with Crippen molar-refractivity contribution in [1.82, 2.24) is 0 Å². The predicted octanol–water partition coefficient (Wildman–Crippen LogP) is 5.45. The van der Waals surface area contributed by atoms with Crippen LogP contribution in [0.25, 0.3) is 6.08 Å². The van der Waals surface area contributed by atoms with Crippen molar-refractivity contribution in [2.45, 2.75) is 13.3 Å². The number of carbonyl (C=O) groups excluding carboxylic acids is 1. The number of ether oxygens (including phenoxy) is 2. The van der Waals surface area contributed by atoms with Gasteiger partial charge in [0.05, 0.1) is 24.4 Å². The molecule has 0 unspecified atom stereocenters. The second kappa shape index (κ2) is 10.0. The molecule has 0 radical (unpaired) electrons. The van der Waals surface area contributed by atoms with Gasteiger partial charge in [-0.05, 0) is 42.3 Å². The number of hydrogen-bond donors (Lipinski definition) is 1. The molecule has 2 rings (SSSR count). The molecule has 2 aromatic rings. The molecule has 0 fully saturated rings. The van der Waals surface area contributed by atoms with Crippen molar-refractivity contribution >= 4 is 45.2 Å². The monoisotopic (exact) mass is 448 g/mol. The maximum atomic E-state index is 12.4. The van der Waals surface area contributed by atoms with Crippen LogP contribution in [0.2, 0.25) is 5.02 Å². The van der Waals surface area contributed by atoms with E-state index in [-0.39, 0.29) is 5.57 Å². The second-order valence-electron chi connectivity index (χ2n) is 5.48. The Balaban J connectivity index is 2.32. The molecule has 140 valence electrons. The zero-order valence-electron chi connectivity index (χ0n) is 14.9. The summed E-state index contributed by atoms with van der Waals surface area (Å²) in [6.07, 6.45) is 2.34. The minimum absolute atomic E-state index is 0.0695. The molecule has 0 saturated heterocycles. The van der Waals surface area contributed by atoms with Gasteiger partial charge in [0.25, 0.3) is 5.91 Å². The van der Waals surface area contributed by atoms with Crippen molar-refractivity contribution in [3.63, 3.8) is 0 Å². The fourth-order valence-electron chi connectivity index (χ4n) is 2.20. The lowest BCUT2D eigenvalue weighted by atomic mass is 10.1. The first-order chi connectivity index (χ1) is 13.0. The number of para-hydroxylation sites is 1. The Morgan fingerprint density at radius 2 is 2.07 bits per heavy atom. The zero-order valence-corrected chi connectivity index (χ0v) is 17.2. The van der Waals surface area contributed by atoms with Crippen LogP contribution >= 0.6 is 27.5 Å². The summed E-state index contributed by atoms with van der Waals surface area (Å²) in [6, 6.07) is 12.2. The number of nitrogens with zero attached hydrogens (tertiary/aromatic N) is 1. The number of nitrogens with one attached hydrogen (secondary N) is 1. The first kappa shape index (κ1) is 20.8. The van der Waals surface area contributed by atoms with Gasteiger partial charge in [-0.3, -0.25) is 4.79 Å². The third-order valence-corrected chi connectivity index (χ3v) is 4.55. The fourth-order valence-corrected chi connectivity index (χ4v) is 2.82. The van der Waals surface area contributed by atoms with Crippen LogP contribution in [-0.4, -0.2) is 19.6 Å². The summed E-state index contributed by atoms with van der Waals surface area (Å²) >= 11 is 9.49. The molecule has 1 N–H and O–H groups in total. The summed E-state index contributed by atoms with van der Waals surface area (Å²) in [6.45, 7) is 2.57. The molecule has 0 atom stereocenters. The van der Waals surface area contributed by atoms with E-state index in [2.05, 4.69) is 21.2 Å². The summed E-state index contributed by atoms with van der Waals surface area (Å²) in [4.78, 5) is 12.4. The van der Waals surface area contributed by atoms with Crippen LogP contribution < -0.4 is 14.8 Å². The van der Waals surface area contributed by atoms with Crippen molar-refractivity contribution in [2.24, 2.45) is 0 Å². The van der Waals surface area contributed by atoms with Crippen molar-refractivity contribution in [3.8, 4) is 17.6 Å². The van der Waals surface area contributed by atoms with Gasteiger partial charge in [0.15, 0.2) is 11.5 Å². The minimum Gasteiger partial charge on any atom is -0.493 e. The molecule has 0 spiro atoms. The molecular formula is C20H18BrClN2O3. The largest absolute Gasteiger partial charge is 0.493 e. The Morgan fingerprint density at radius 3 is 2.70 bits per heavy atom. The van der Waals surface area contributed by atoms with Gasteiger partial charge in [0.1, 0.15) is 11.6 Å². The second-order valence-corrected chi connectivity index (χ2v) is 6.74. The highest BCUT2D eigenvalue weighted by molar-refractivity contribution is 9.10. The Morgan fingerprint density at radius 1 is 1.33 bits per heavy atom. The summed E-state index contributed by atoms with van der Waals surface area (Å²) < 4.78 is 11.7. The van der Waals surface area contributed by atoms with E-state index in [4.69, 9.17) is 21.1 Å². The maximum Gasteiger partial charge on any atom is 0.266 e. The van der Waals surface area contributed by atoms with E-state index in [0.717, 1.165) is 6.42 Å². The van der Waals surface area contributed by atoms with E-state index in [1.807, 2.05) is 13.0 Å². The van der Waals surface area contributed by atoms with Gasteiger partial charge in [-0.25, -0.2) is 0 Å². The van der Waals surface area contributed by atoms with Crippen LogP contribution in [0.1, 0.15) is 18.9 Å². The van der Waals surface area contributed by atoms with Crippen LogP contribution in [0.4, 0.5) is 5.69 Å². The Labute approximate surface area is 171 Å². The normalized spacial score (nSPS) is 10.9. The molecule has 0 saturated carbocycles. The van der Waals surface area contributed by atoms with Gasteiger partial charge in [0.2, 0.25) is 0 Å². The van der Waals surface area contributed by atoms with Gasteiger partial charge < -0.3 is 14.8 Å². The van der Waals surface area contributed by atoms with Gasteiger partial charge in [-0.2, -0.15) is 5.26 Å². The quantitative estimate of drug-likeness (QED) is 0.451. The Hall–Kier alpha value is -2.49. The number of hydrogen-bond acceptors (Lipinski definition) is 4. The molecule has 5 nitrogen and oxygen atoms in total. The van der Waals surface area contributed by atoms with Crippen molar-refractivity contribution < 1.29 is 14.3 Å². The Bertz CT molecular complexity index is 907. The molecular weight excluding hydrogens is 432 g/mol. The van der Waals surface area contributed by atoms with Gasteiger partial charge in [0, 0.05) is 4.47 Å². The number of rotatable bonds is 7. The maximum absolute atomic E-state index is 12.4. The Kier molecular flexibility index (Phi) is 7.71. The average molecular weight is 450 g/mol. The molecule has 7 heteroatoms. The van der Waals surface area contributed by atoms with E-state index < -0.39 is 5.91 Å². The molecule has 2 aromatic carbocycles. The van der Waals surface area contributed by atoms with E-state index >= 15 is 0 Å². The molecule has 0 aromatic heterocycles. The first-order valence-corrected chi connectivity index (χ1v) is 9.35. The van der Waals surface area contributed by atoms with E-state index in [1.54, 1.807) is 36.4 Å². The van der Waals surface area contributed by atoms with Gasteiger partial charge >= 0.3 is 0 Å². The van der Waals surface area contributed by atoms with Gasteiger partial charge in [-0.15, -0.1) is 0 Å². The van der Waals surface area contributed by atoms with Crippen LogP contribution in [-0.2, 0) is 4.79 Å². The number of amides is 1. The average Bonchev–Trinajstić information content (AvgIpc) is 2.67. The SMILES string of the molecule is CCCOc1cc(Br)c(C=C(C#N)C(=O)Nc2ccccc2Cl)cc1OC. The predicted molar refractivity (Wildman–Crippen MR) is 110 cm³/mol. The van der Waals surface area contributed by atoms with Crippen molar-refractivity contribution in [1.29, 1.82) is 5.26 Å².